The van der Waals surface area contributed by atoms with Gasteiger partial charge >= 0.3 is 0 Å². The summed E-state index contributed by atoms with van der Waals surface area (Å²) in [7, 11) is 0. The van der Waals surface area contributed by atoms with Gasteiger partial charge < -0.3 is 5.73 Å². The van der Waals surface area contributed by atoms with Crippen LogP contribution < -0.4 is 5.73 Å². The lowest BCUT2D eigenvalue weighted by molar-refractivity contribution is 0.240. The Labute approximate surface area is 117 Å². The third-order valence-electron chi connectivity index (χ3n) is 3.74. The van der Waals surface area contributed by atoms with Crippen LogP contribution >= 0.6 is 0 Å². The smallest absolute Gasteiger partial charge is 0.146 e. The van der Waals surface area contributed by atoms with Crippen molar-refractivity contribution in [2.24, 2.45) is 0 Å². The van der Waals surface area contributed by atoms with Crippen LogP contribution in [0.2, 0.25) is 0 Å². The molecule has 1 aromatic carbocycles. The monoisotopic (exact) mass is 272 g/mol. The van der Waals surface area contributed by atoms with Crippen LogP contribution in [0.15, 0.2) is 36.4 Å². The van der Waals surface area contributed by atoms with Gasteiger partial charge in [-0.05, 0) is 37.6 Å². The number of aromatic nitrogens is 2. The number of hydrogen-bond donors (Lipinski definition) is 1. The topological polar surface area (TPSA) is 55.0 Å². The molecule has 1 aromatic heterocycles. The second kappa shape index (κ2) is 5.54. The van der Waals surface area contributed by atoms with Gasteiger partial charge in [-0.25, -0.2) is 4.39 Å². The zero-order chi connectivity index (χ0) is 13.9. The Kier molecular flexibility index (Phi) is 3.60. The van der Waals surface area contributed by atoms with Gasteiger partial charge in [0.05, 0.1) is 11.7 Å². The van der Waals surface area contributed by atoms with Gasteiger partial charge in [0.1, 0.15) is 11.6 Å². The van der Waals surface area contributed by atoms with E-state index in [-0.39, 0.29) is 11.9 Å². The van der Waals surface area contributed by atoms with E-state index in [0.29, 0.717) is 12.4 Å². The molecule has 104 valence electrons. The van der Waals surface area contributed by atoms with Crippen molar-refractivity contribution in [2.75, 3.05) is 12.3 Å². The third-order valence-corrected chi connectivity index (χ3v) is 3.74. The molecule has 5 heteroatoms. The van der Waals surface area contributed by atoms with Crippen molar-refractivity contribution < 1.29 is 4.39 Å². The number of likely N-dealkylation sites (tertiary alicyclic amines) is 1. The van der Waals surface area contributed by atoms with E-state index in [1.165, 1.54) is 6.07 Å². The van der Waals surface area contributed by atoms with E-state index in [0.717, 1.165) is 30.6 Å². The summed E-state index contributed by atoms with van der Waals surface area (Å²) in [4.78, 5) is 2.25. The second-order valence-electron chi connectivity index (χ2n) is 5.10. The van der Waals surface area contributed by atoms with Gasteiger partial charge in [0, 0.05) is 12.1 Å². The highest BCUT2D eigenvalue weighted by Gasteiger charge is 2.27. The Bertz CT molecular complexity index is 585. The molecule has 0 amide bonds. The highest BCUT2D eigenvalue weighted by atomic mass is 19.1. The SMILES string of the molecule is Nc1ccc(C2CCCN2Cc2ccccc2F)nn1. The Morgan fingerprint density at radius 3 is 2.80 bits per heavy atom. The first-order chi connectivity index (χ1) is 9.74. The summed E-state index contributed by atoms with van der Waals surface area (Å²) >= 11 is 0. The summed E-state index contributed by atoms with van der Waals surface area (Å²) in [5.41, 5.74) is 7.20. The van der Waals surface area contributed by atoms with E-state index < -0.39 is 0 Å². The predicted octanol–water partition coefficient (Wildman–Crippen LogP) is 2.54. The minimum absolute atomic E-state index is 0.151. The molecule has 2 heterocycles. The van der Waals surface area contributed by atoms with Crippen molar-refractivity contribution in [3.8, 4) is 0 Å². The molecule has 1 saturated heterocycles. The van der Waals surface area contributed by atoms with Gasteiger partial charge in [0.25, 0.3) is 0 Å². The molecule has 4 nitrogen and oxygen atoms in total. The van der Waals surface area contributed by atoms with Crippen LogP contribution in [-0.4, -0.2) is 21.6 Å². The molecule has 3 rings (SSSR count). The summed E-state index contributed by atoms with van der Waals surface area (Å²) < 4.78 is 13.8. The lowest BCUT2D eigenvalue weighted by Crippen LogP contribution is -2.24. The number of nitrogens with two attached hydrogens (primary N) is 1. The molecule has 0 saturated carbocycles. The molecule has 2 N–H and O–H groups in total. The van der Waals surface area contributed by atoms with Crippen LogP contribution in [-0.2, 0) is 6.54 Å². The Morgan fingerprint density at radius 1 is 1.20 bits per heavy atom. The van der Waals surface area contributed by atoms with E-state index in [1.807, 2.05) is 18.2 Å². The first-order valence-corrected chi connectivity index (χ1v) is 6.80. The molecule has 1 atom stereocenters. The number of nitrogens with zero attached hydrogens (tertiary/aromatic N) is 3. The van der Waals surface area contributed by atoms with Gasteiger partial charge in [0.2, 0.25) is 0 Å². The van der Waals surface area contributed by atoms with E-state index >= 15 is 0 Å². The van der Waals surface area contributed by atoms with Gasteiger partial charge in [-0.3, -0.25) is 4.90 Å². The van der Waals surface area contributed by atoms with Crippen molar-refractivity contribution in [1.82, 2.24) is 15.1 Å². The van der Waals surface area contributed by atoms with Crippen LogP contribution in [0, 0.1) is 5.82 Å². The third kappa shape index (κ3) is 2.63. The first-order valence-electron chi connectivity index (χ1n) is 6.80. The van der Waals surface area contributed by atoms with Crippen molar-refractivity contribution >= 4 is 5.82 Å². The quantitative estimate of drug-likeness (QED) is 0.933. The van der Waals surface area contributed by atoms with Crippen molar-refractivity contribution in [1.29, 1.82) is 0 Å². The minimum Gasteiger partial charge on any atom is -0.382 e. The van der Waals surface area contributed by atoms with Gasteiger partial charge in [0.15, 0.2) is 0 Å². The van der Waals surface area contributed by atoms with Crippen LogP contribution in [0.1, 0.15) is 30.1 Å². The Hall–Kier alpha value is -2.01. The molecule has 0 radical (unpaired) electrons. The van der Waals surface area contributed by atoms with E-state index in [2.05, 4.69) is 15.1 Å². The second-order valence-corrected chi connectivity index (χ2v) is 5.10. The molecule has 2 aromatic rings. The maximum Gasteiger partial charge on any atom is 0.146 e. The van der Waals surface area contributed by atoms with Gasteiger partial charge in [-0.1, -0.05) is 18.2 Å². The lowest BCUT2D eigenvalue weighted by atomic mass is 10.1. The van der Waals surface area contributed by atoms with E-state index in [4.69, 9.17) is 5.73 Å². The normalized spacial score (nSPS) is 19.4. The molecule has 1 fully saturated rings. The molecule has 1 unspecified atom stereocenters. The molecule has 20 heavy (non-hydrogen) atoms. The van der Waals surface area contributed by atoms with Crippen LogP contribution in [0.4, 0.5) is 10.2 Å². The fourth-order valence-electron chi connectivity index (χ4n) is 2.73. The first kappa shape index (κ1) is 13.0. The number of rotatable bonds is 3. The van der Waals surface area contributed by atoms with Crippen molar-refractivity contribution in [3.63, 3.8) is 0 Å². The molecule has 0 spiro atoms. The summed E-state index contributed by atoms with van der Waals surface area (Å²) in [5, 5.41) is 8.07. The average molecular weight is 272 g/mol. The lowest BCUT2D eigenvalue weighted by Gasteiger charge is -2.23. The molecule has 1 aliphatic rings. The van der Waals surface area contributed by atoms with Gasteiger partial charge in [-0.2, -0.15) is 5.10 Å². The highest BCUT2D eigenvalue weighted by molar-refractivity contribution is 5.27. The van der Waals surface area contributed by atoms with Crippen LogP contribution in [0.5, 0.6) is 0 Å². The molecule has 0 aliphatic carbocycles. The minimum atomic E-state index is -0.151. The van der Waals surface area contributed by atoms with Crippen LogP contribution in [0.3, 0.4) is 0 Å². The number of nitrogen functional groups attached to an aromatic ring is 1. The molecule has 1 aliphatic heterocycles. The van der Waals surface area contributed by atoms with Gasteiger partial charge in [-0.15, -0.1) is 5.10 Å². The molecule has 0 bridgehead atoms. The zero-order valence-electron chi connectivity index (χ0n) is 11.2. The molecular formula is C15H17FN4. The van der Waals surface area contributed by atoms with Crippen LogP contribution in [0.25, 0.3) is 0 Å². The number of halogens is 1. The maximum atomic E-state index is 13.8. The van der Waals surface area contributed by atoms with E-state index in [1.54, 1.807) is 12.1 Å². The number of anilines is 1. The highest BCUT2D eigenvalue weighted by Crippen LogP contribution is 2.32. The summed E-state index contributed by atoms with van der Waals surface area (Å²) in [6.45, 7) is 1.55. The summed E-state index contributed by atoms with van der Waals surface area (Å²) in [6.07, 6.45) is 2.11. The fraction of sp³-hybridized carbons (Fsp3) is 0.333. The van der Waals surface area contributed by atoms with E-state index in [9.17, 15) is 4.39 Å². The number of benzene rings is 1. The maximum absolute atomic E-state index is 13.8. The Balaban J connectivity index is 1.79. The standard InChI is InChI=1S/C15H17FN4/c16-12-5-2-1-4-11(12)10-20-9-3-6-14(20)13-7-8-15(17)19-18-13/h1-2,4-5,7-8,14H,3,6,9-10H2,(H2,17,19). The Morgan fingerprint density at radius 2 is 2.05 bits per heavy atom. The summed E-state index contributed by atoms with van der Waals surface area (Å²) in [5.74, 6) is 0.272. The largest absolute Gasteiger partial charge is 0.382 e. The average Bonchev–Trinajstić information content (AvgIpc) is 2.90. The zero-order valence-corrected chi connectivity index (χ0v) is 11.2. The van der Waals surface area contributed by atoms with Crippen molar-refractivity contribution in [3.05, 3.63) is 53.5 Å². The molecular weight excluding hydrogens is 255 g/mol. The fourth-order valence-corrected chi connectivity index (χ4v) is 2.73. The number of hydrogen-bond acceptors (Lipinski definition) is 4. The van der Waals surface area contributed by atoms with Crippen molar-refractivity contribution in [2.45, 2.75) is 25.4 Å². The summed E-state index contributed by atoms with van der Waals surface area (Å²) in [6, 6.07) is 10.8. The predicted molar refractivity (Wildman–Crippen MR) is 75.2 cm³/mol.